The van der Waals surface area contributed by atoms with Gasteiger partial charge in [0.05, 0.1) is 14.2 Å². The van der Waals surface area contributed by atoms with E-state index in [1.54, 1.807) is 14.2 Å². The molecule has 3 rings (SSSR count). The van der Waals surface area contributed by atoms with Crippen LogP contribution in [0.4, 0.5) is 0 Å². The highest BCUT2D eigenvalue weighted by molar-refractivity contribution is 7.90. The molecule has 0 radical (unpaired) electrons. The van der Waals surface area contributed by atoms with Crippen LogP contribution < -0.4 is 14.2 Å². The molecule has 4 nitrogen and oxygen atoms in total. The fraction of sp³-hybridized carbons (Fsp3) is 0.308. The van der Waals surface area contributed by atoms with E-state index in [1.807, 2.05) is 69.3 Å². The van der Waals surface area contributed by atoms with Gasteiger partial charge in [-0.05, 0) is 68.1 Å². The van der Waals surface area contributed by atoms with Crippen molar-refractivity contribution in [3.8, 4) is 11.5 Å². The summed E-state index contributed by atoms with van der Waals surface area (Å²) in [4.78, 5) is 0. The van der Waals surface area contributed by atoms with Crippen LogP contribution in [0.15, 0.2) is 72.8 Å². The monoisotopic (exact) mass is 437 g/mol. The smallest absolute Gasteiger partial charge is 0.136 e. The zero-order valence-electron chi connectivity index (χ0n) is 18.8. The van der Waals surface area contributed by atoms with E-state index in [1.165, 1.54) is 5.56 Å². The van der Waals surface area contributed by atoms with E-state index in [0.29, 0.717) is 0 Å². The molecule has 5 heteroatoms. The molecule has 1 N–H and O–H groups in total. The molecular formula is C26H31NO3S. The first-order valence-electron chi connectivity index (χ1n) is 10.3. The minimum atomic E-state index is -1.25. The average molecular weight is 438 g/mol. The van der Waals surface area contributed by atoms with E-state index >= 15 is 0 Å². The summed E-state index contributed by atoms with van der Waals surface area (Å²) in [5.74, 6) is 1.61. The Hall–Kier alpha value is -2.47. The van der Waals surface area contributed by atoms with E-state index in [4.69, 9.17) is 9.47 Å². The maximum Gasteiger partial charge on any atom is 0.136 e. The Morgan fingerprint density at radius 2 is 1.52 bits per heavy atom. The van der Waals surface area contributed by atoms with Crippen molar-refractivity contribution in [2.24, 2.45) is 0 Å². The van der Waals surface area contributed by atoms with Crippen molar-refractivity contribution in [3.63, 3.8) is 0 Å². The van der Waals surface area contributed by atoms with Crippen molar-refractivity contribution in [1.82, 2.24) is 4.72 Å². The molecule has 0 aliphatic heterocycles. The molecule has 1 unspecified atom stereocenters. The third-order valence-electron chi connectivity index (χ3n) is 5.09. The zero-order chi connectivity index (χ0) is 22.4. The Balaban J connectivity index is 1.99. The van der Waals surface area contributed by atoms with E-state index in [0.717, 1.165) is 34.6 Å². The second-order valence-electron chi connectivity index (χ2n) is 8.44. The predicted molar refractivity (Wildman–Crippen MR) is 128 cm³/mol. The Morgan fingerprint density at radius 1 is 0.871 bits per heavy atom. The molecule has 0 aliphatic rings. The van der Waals surface area contributed by atoms with Crippen molar-refractivity contribution in [3.05, 3.63) is 95.1 Å². The topological polar surface area (TPSA) is 53.5 Å². The number of benzene rings is 3. The zero-order valence-corrected chi connectivity index (χ0v) is 19.7. The van der Waals surface area contributed by atoms with E-state index in [-0.39, 0.29) is 10.8 Å². The lowest BCUT2D eigenvalue weighted by Gasteiger charge is -2.29. The Bertz CT molecular complexity index is 968. The molecule has 2 atom stereocenters. The lowest BCUT2D eigenvalue weighted by atomic mass is 9.95. The molecule has 0 amide bonds. The molecule has 0 saturated carbocycles. The van der Waals surface area contributed by atoms with Crippen molar-refractivity contribution >= 4 is 11.4 Å². The maximum atomic E-state index is 13.0. The first-order valence-corrected chi connectivity index (χ1v) is 11.5. The van der Waals surface area contributed by atoms with E-state index < -0.39 is 11.4 Å². The highest BCUT2D eigenvalue weighted by Gasteiger charge is 2.31. The van der Waals surface area contributed by atoms with Crippen molar-refractivity contribution in [2.75, 3.05) is 14.2 Å². The largest absolute Gasteiger partial charge is 0.598 e. The summed E-state index contributed by atoms with van der Waals surface area (Å²) < 4.78 is 26.9. The molecule has 0 fully saturated rings. The van der Waals surface area contributed by atoms with Gasteiger partial charge in [0, 0.05) is 16.9 Å². The van der Waals surface area contributed by atoms with Crippen LogP contribution in [0.25, 0.3) is 0 Å². The normalized spacial score (nSPS) is 13.5. The Morgan fingerprint density at radius 3 is 2.10 bits per heavy atom. The van der Waals surface area contributed by atoms with Crippen molar-refractivity contribution < 1.29 is 14.0 Å². The van der Waals surface area contributed by atoms with Gasteiger partial charge in [-0.1, -0.05) is 48.5 Å². The van der Waals surface area contributed by atoms with Crippen LogP contribution in [-0.2, 0) is 17.8 Å². The van der Waals surface area contributed by atoms with Crippen LogP contribution in [-0.4, -0.2) is 23.5 Å². The number of rotatable bonds is 8. The minimum Gasteiger partial charge on any atom is -0.598 e. The van der Waals surface area contributed by atoms with Crippen LogP contribution in [0.2, 0.25) is 0 Å². The minimum absolute atomic E-state index is 0.257. The summed E-state index contributed by atoms with van der Waals surface area (Å²) in [6.45, 7) is 5.90. The maximum absolute atomic E-state index is 13.0. The average Bonchev–Trinajstić information content (AvgIpc) is 2.77. The molecule has 164 valence electrons. The number of methoxy groups -OCH3 is 2. The lowest BCUT2D eigenvalue weighted by Crippen LogP contribution is -2.41. The molecule has 0 aromatic heterocycles. The van der Waals surface area contributed by atoms with E-state index in [2.05, 4.69) is 29.0 Å². The Labute approximate surface area is 188 Å². The molecule has 3 aromatic carbocycles. The van der Waals surface area contributed by atoms with Gasteiger partial charge < -0.3 is 14.0 Å². The third kappa shape index (κ3) is 6.03. The van der Waals surface area contributed by atoms with Crippen LogP contribution >= 0.6 is 0 Å². The summed E-state index contributed by atoms with van der Waals surface area (Å²) in [6.07, 6.45) is 0.783. The van der Waals surface area contributed by atoms with Gasteiger partial charge in [-0.2, -0.15) is 0 Å². The fourth-order valence-electron chi connectivity index (χ4n) is 3.34. The van der Waals surface area contributed by atoms with Gasteiger partial charge in [0.15, 0.2) is 0 Å². The quantitative estimate of drug-likeness (QED) is 0.477. The van der Waals surface area contributed by atoms with Gasteiger partial charge in [0.2, 0.25) is 0 Å². The third-order valence-corrected chi connectivity index (χ3v) is 6.65. The molecule has 0 aliphatic carbocycles. The van der Waals surface area contributed by atoms with Crippen molar-refractivity contribution in [2.45, 2.75) is 38.0 Å². The second kappa shape index (κ2) is 10.2. The summed E-state index contributed by atoms with van der Waals surface area (Å²) in [7, 11) is 3.34. The highest BCUT2D eigenvalue weighted by Crippen LogP contribution is 2.33. The lowest BCUT2D eigenvalue weighted by molar-refractivity contribution is 0.406. The summed E-state index contributed by atoms with van der Waals surface area (Å²) in [6, 6.07) is 24.1. The van der Waals surface area contributed by atoms with Gasteiger partial charge >= 0.3 is 0 Å². The van der Waals surface area contributed by atoms with Gasteiger partial charge in [0.25, 0.3) is 0 Å². The highest BCUT2D eigenvalue weighted by atomic mass is 32.2. The van der Waals surface area contributed by atoms with Gasteiger partial charge in [-0.25, -0.2) is 0 Å². The van der Waals surface area contributed by atoms with Crippen LogP contribution in [0, 0.1) is 0 Å². The van der Waals surface area contributed by atoms with Crippen LogP contribution in [0.3, 0.4) is 0 Å². The molecule has 0 bridgehead atoms. The number of hydrogen-bond donors (Lipinski definition) is 1. The standard InChI is InChI=1S/C26H31NO3S/c1-26(2,3)31(28)27-25(21-9-7-6-8-10-21)23-18-20(13-16-24(23)30-5)17-19-11-14-22(29-4)15-12-19/h6-16,18,25,27H,17H2,1-5H3/t25-,31?/m1/s1. The van der Waals surface area contributed by atoms with E-state index in [9.17, 15) is 4.55 Å². The molecular weight excluding hydrogens is 406 g/mol. The molecule has 0 saturated heterocycles. The molecule has 0 spiro atoms. The predicted octanol–water partition coefficient (Wildman–Crippen LogP) is 5.44. The molecule has 0 heterocycles. The number of hydrogen-bond acceptors (Lipinski definition) is 4. The number of nitrogens with one attached hydrogen (secondary N) is 1. The SMILES string of the molecule is COc1ccc(Cc2ccc(OC)c([C@H](N[S+]([O-])C(C)(C)C)c3ccccc3)c2)cc1. The van der Waals surface area contributed by atoms with Crippen LogP contribution in [0.1, 0.15) is 49.1 Å². The first kappa shape index (κ1) is 23.2. The Kier molecular flexibility index (Phi) is 7.65. The molecule has 3 aromatic rings. The van der Waals surface area contributed by atoms with Gasteiger partial charge in [0.1, 0.15) is 22.3 Å². The van der Waals surface area contributed by atoms with Crippen LogP contribution in [0.5, 0.6) is 11.5 Å². The summed E-state index contributed by atoms with van der Waals surface area (Å²) in [5.41, 5.74) is 4.36. The summed E-state index contributed by atoms with van der Waals surface area (Å²) >= 11 is -1.25. The second-order valence-corrected chi connectivity index (χ2v) is 10.4. The fourth-order valence-corrected chi connectivity index (χ4v) is 4.17. The first-order chi connectivity index (χ1) is 14.8. The van der Waals surface area contributed by atoms with Gasteiger partial charge in [-0.3, -0.25) is 0 Å². The van der Waals surface area contributed by atoms with Crippen molar-refractivity contribution in [1.29, 1.82) is 0 Å². The van der Waals surface area contributed by atoms with Gasteiger partial charge in [-0.15, -0.1) is 4.72 Å². The molecule has 31 heavy (non-hydrogen) atoms. The summed E-state index contributed by atoms with van der Waals surface area (Å²) in [5, 5.41) is 0. The number of ether oxygens (including phenoxy) is 2.